The maximum absolute atomic E-state index is 12.3. The van der Waals surface area contributed by atoms with Crippen LogP contribution in [0.3, 0.4) is 0 Å². The van der Waals surface area contributed by atoms with Crippen LogP contribution in [0, 0.1) is 10.5 Å². The van der Waals surface area contributed by atoms with Crippen molar-refractivity contribution in [3.05, 3.63) is 56.0 Å². The summed E-state index contributed by atoms with van der Waals surface area (Å²) in [7, 11) is 1.62. The molecule has 0 saturated carbocycles. The van der Waals surface area contributed by atoms with Crippen LogP contribution in [-0.4, -0.2) is 24.8 Å². The van der Waals surface area contributed by atoms with E-state index in [1.807, 2.05) is 49.4 Å². The van der Waals surface area contributed by atoms with Crippen LogP contribution < -0.4 is 14.8 Å². The zero-order valence-corrected chi connectivity index (χ0v) is 18.9. The number of ether oxygens (including phenoxy) is 2. The summed E-state index contributed by atoms with van der Waals surface area (Å²) in [6.07, 6.45) is 2.76. The first-order chi connectivity index (χ1) is 13.5. The molecule has 1 fully saturated rings. The molecule has 2 aromatic rings. The monoisotopic (exact) mass is 508 g/mol. The van der Waals surface area contributed by atoms with E-state index in [-0.39, 0.29) is 5.91 Å². The minimum atomic E-state index is -0.156. The zero-order chi connectivity index (χ0) is 20.1. The summed E-state index contributed by atoms with van der Waals surface area (Å²) in [5.41, 5.74) is 2.85. The third-order valence-electron chi connectivity index (χ3n) is 3.92. The highest BCUT2D eigenvalue weighted by Gasteiger charge is 2.24. The molecule has 5 nitrogen and oxygen atoms in total. The molecular weight excluding hydrogens is 487 g/mol. The third kappa shape index (κ3) is 5.08. The van der Waals surface area contributed by atoms with Gasteiger partial charge in [-0.15, -0.1) is 0 Å². The number of carbonyl (C=O) groups is 1. The van der Waals surface area contributed by atoms with Crippen LogP contribution in [-0.2, 0) is 4.79 Å². The molecule has 7 heteroatoms. The van der Waals surface area contributed by atoms with Crippen LogP contribution in [0.15, 0.2) is 46.3 Å². The Bertz CT molecular complexity index is 939. The van der Waals surface area contributed by atoms with Crippen LogP contribution in [0.1, 0.15) is 24.5 Å². The molecule has 3 rings (SSSR count). The summed E-state index contributed by atoms with van der Waals surface area (Å²) in [6, 6.07) is 11.7. The number of aliphatic imine (C=N–C) groups is 1. The second-order valence-electron chi connectivity index (χ2n) is 6.20. The Morgan fingerprint density at radius 3 is 2.68 bits per heavy atom. The first-order valence-electron chi connectivity index (χ1n) is 8.86. The van der Waals surface area contributed by atoms with Crippen molar-refractivity contribution in [3.8, 4) is 11.5 Å². The molecule has 28 heavy (non-hydrogen) atoms. The molecule has 0 unspecified atom stereocenters. The van der Waals surface area contributed by atoms with E-state index >= 15 is 0 Å². The predicted molar refractivity (Wildman–Crippen MR) is 123 cm³/mol. The molecule has 1 heterocycles. The van der Waals surface area contributed by atoms with Gasteiger partial charge in [-0.3, -0.25) is 4.79 Å². The Kier molecular flexibility index (Phi) is 7.01. The van der Waals surface area contributed by atoms with E-state index in [0.717, 1.165) is 27.0 Å². The number of carbonyl (C=O) groups excluding carboxylic acids is 1. The van der Waals surface area contributed by atoms with Crippen molar-refractivity contribution in [2.45, 2.75) is 20.3 Å². The van der Waals surface area contributed by atoms with Crippen LogP contribution in [0.5, 0.6) is 11.5 Å². The van der Waals surface area contributed by atoms with Gasteiger partial charge >= 0.3 is 0 Å². The molecule has 1 amide bonds. The first-order valence-corrected chi connectivity index (χ1v) is 10.8. The van der Waals surface area contributed by atoms with Gasteiger partial charge in [-0.05, 0) is 83.6 Å². The summed E-state index contributed by atoms with van der Waals surface area (Å²) < 4.78 is 12.2. The molecule has 2 aromatic carbocycles. The second-order valence-corrected chi connectivity index (χ2v) is 8.39. The third-order valence-corrected chi connectivity index (χ3v) is 5.63. The van der Waals surface area contributed by atoms with Gasteiger partial charge in [-0.1, -0.05) is 24.6 Å². The number of halogens is 1. The molecule has 1 aliphatic heterocycles. The predicted octanol–water partition coefficient (Wildman–Crippen LogP) is 5.29. The summed E-state index contributed by atoms with van der Waals surface area (Å²) in [6.45, 7) is 4.71. The van der Waals surface area contributed by atoms with Crippen molar-refractivity contribution < 1.29 is 14.3 Å². The van der Waals surface area contributed by atoms with E-state index in [2.05, 4.69) is 39.8 Å². The van der Waals surface area contributed by atoms with Gasteiger partial charge in [0, 0.05) is 0 Å². The van der Waals surface area contributed by atoms with E-state index in [1.54, 1.807) is 7.11 Å². The molecule has 0 bridgehead atoms. The minimum absolute atomic E-state index is 0.156. The van der Waals surface area contributed by atoms with E-state index < -0.39 is 0 Å². The lowest BCUT2D eigenvalue weighted by Gasteiger charge is -2.13. The van der Waals surface area contributed by atoms with Gasteiger partial charge < -0.3 is 14.8 Å². The smallest absolute Gasteiger partial charge is 0.264 e. The van der Waals surface area contributed by atoms with Crippen LogP contribution in [0.4, 0.5) is 5.69 Å². The molecule has 0 atom stereocenters. The van der Waals surface area contributed by atoms with Gasteiger partial charge in [0.1, 0.15) is 0 Å². The zero-order valence-electron chi connectivity index (χ0n) is 15.9. The number of aryl methyl sites for hydroxylation is 1. The molecule has 0 aromatic heterocycles. The van der Waals surface area contributed by atoms with Gasteiger partial charge in [-0.2, -0.15) is 0 Å². The quantitative estimate of drug-likeness (QED) is 0.426. The Hall–Kier alpha value is -2.00. The molecular formula is C21H21IN2O3S. The van der Waals surface area contributed by atoms with Crippen molar-refractivity contribution in [1.82, 2.24) is 5.32 Å². The highest BCUT2D eigenvalue weighted by Crippen LogP contribution is 2.36. The fourth-order valence-corrected chi connectivity index (χ4v) is 4.16. The standard InChI is InChI=1S/C21H21IN2O3S/c1-4-9-27-19-16(22)10-14(11-17(19)26-3)12-18-20(25)24-21(28-18)23-15-7-5-13(2)6-8-15/h5-8,10-12H,4,9H2,1-3H3,(H,23,24,25)/b18-12-. The molecule has 0 radical (unpaired) electrons. The fraction of sp³-hybridized carbons (Fsp3) is 0.238. The number of rotatable bonds is 6. The average Bonchev–Trinajstić information content (AvgIpc) is 3.01. The summed E-state index contributed by atoms with van der Waals surface area (Å²) in [4.78, 5) is 17.4. The van der Waals surface area contributed by atoms with Crippen molar-refractivity contribution in [1.29, 1.82) is 0 Å². The van der Waals surface area contributed by atoms with Gasteiger partial charge in [0.05, 0.1) is 27.9 Å². The highest BCUT2D eigenvalue weighted by atomic mass is 127. The molecule has 1 saturated heterocycles. The average molecular weight is 508 g/mol. The SMILES string of the molecule is CCCOc1c(I)cc(/C=C2\SC(=Nc3ccc(C)cc3)NC2=O)cc1OC. The lowest BCUT2D eigenvalue weighted by molar-refractivity contribution is -0.115. The van der Waals surface area contributed by atoms with E-state index in [9.17, 15) is 4.79 Å². The summed E-state index contributed by atoms with van der Waals surface area (Å²) >= 11 is 3.55. The Morgan fingerprint density at radius 2 is 2.00 bits per heavy atom. The topological polar surface area (TPSA) is 59.9 Å². The number of hydrogen-bond donors (Lipinski definition) is 1. The maximum Gasteiger partial charge on any atom is 0.264 e. The summed E-state index contributed by atoms with van der Waals surface area (Å²) in [5.74, 6) is 1.23. The largest absolute Gasteiger partial charge is 0.493 e. The number of thioether (sulfide) groups is 1. The Labute approximate surface area is 182 Å². The molecule has 0 aliphatic carbocycles. The molecule has 1 N–H and O–H groups in total. The number of nitrogens with zero attached hydrogens (tertiary/aromatic N) is 1. The first kappa shape index (κ1) is 20.7. The van der Waals surface area contributed by atoms with E-state index in [1.165, 1.54) is 17.3 Å². The summed E-state index contributed by atoms with van der Waals surface area (Å²) in [5, 5.41) is 3.39. The normalized spacial score (nSPS) is 16.5. The number of nitrogens with one attached hydrogen (secondary N) is 1. The van der Waals surface area contributed by atoms with E-state index in [0.29, 0.717) is 22.4 Å². The van der Waals surface area contributed by atoms with Gasteiger partial charge in [-0.25, -0.2) is 4.99 Å². The molecule has 146 valence electrons. The van der Waals surface area contributed by atoms with Crippen molar-refractivity contribution in [2.24, 2.45) is 4.99 Å². The number of amides is 1. The van der Waals surface area contributed by atoms with Crippen molar-refractivity contribution >= 4 is 57.2 Å². The Morgan fingerprint density at radius 1 is 1.25 bits per heavy atom. The van der Waals surface area contributed by atoms with E-state index in [4.69, 9.17) is 9.47 Å². The van der Waals surface area contributed by atoms with Gasteiger partial charge in [0.2, 0.25) is 0 Å². The van der Waals surface area contributed by atoms with Gasteiger partial charge in [0.25, 0.3) is 5.91 Å². The molecule has 0 spiro atoms. The highest BCUT2D eigenvalue weighted by molar-refractivity contribution is 14.1. The minimum Gasteiger partial charge on any atom is -0.493 e. The maximum atomic E-state index is 12.3. The number of amidine groups is 1. The number of hydrogen-bond acceptors (Lipinski definition) is 5. The van der Waals surface area contributed by atoms with Crippen molar-refractivity contribution in [2.75, 3.05) is 13.7 Å². The van der Waals surface area contributed by atoms with Crippen LogP contribution in [0.2, 0.25) is 0 Å². The Balaban J connectivity index is 1.84. The van der Waals surface area contributed by atoms with Crippen LogP contribution in [0.25, 0.3) is 6.08 Å². The lowest BCUT2D eigenvalue weighted by atomic mass is 10.2. The number of benzene rings is 2. The van der Waals surface area contributed by atoms with Gasteiger partial charge in [0.15, 0.2) is 16.7 Å². The fourth-order valence-electron chi connectivity index (χ4n) is 2.54. The lowest BCUT2D eigenvalue weighted by Crippen LogP contribution is -2.19. The second kappa shape index (κ2) is 9.47. The molecule has 1 aliphatic rings. The van der Waals surface area contributed by atoms with Crippen LogP contribution >= 0.6 is 34.4 Å². The van der Waals surface area contributed by atoms with Crippen molar-refractivity contribution in [3.63, 3.8) is 0 Å². The number of methoxy groups -OCH3 is 1.